The highest BCUT2D eigenvalue weighted by Gasteiger charge is 2.31. The van der Waals surface area contributed by atoms with Crippen LogP contribution < -0.4 is 9.62 Å². The van der Waals surface area contributed by atoms with Crippen LogP contribution in [0.2, 0.25) is 0 Å². The van der Waals surface area contributed by atoms with Gasteiger partial charge in [0.25, 0.3) is 10.0 Å². The quantitative estimate of drug-likeness (QED) is 0.944. The molecule has 0 amide bonds. The Hall–Kier alpha value is -2.01. The normalized spacial score (nSPS) is 17.4. The molecule has 0 unspecified atom stereocenters. The summed E-state index contributed by atoms with van der Waals surface area (Å²) in [5.74, 6) is 0. The zero-order valence-electron chi connectivity index (χ0n) is 12.2. The van der Waals surface area contributed by atoms with E-state index in [4.69, 9.17) is 0 Å². The number of hydrogen-bond donors (Lipinski definition) is 1. The van der Waals surface area contributed by atoms with Gasteiger partial charge in [-0.1, -0.05) is 18.2 Å². The van der Waals surface area contributed by atoms with E-state index in [-0.39, 0.29) is 0 Å². The number of sulfonamides is 1. The number of anilines is 2. The van der Waals surface area contributed by atoms with Crippen LogP contribution >= 0.6 is 0 Å². The van der Waals surface area contributed by atoms with Crippen LogP contribution in [0.3, 0.4) is 0 Å². The summed E-state index contributed by atoms with van der Waals surface area (Å²) in [5.41, 5.74) is 3.01. The fourth-order valence-corrected chi connectivity index (χ4v) is 4.42. The Morgan fingerprint density at radius 1 is 1.05 bits per heavy atom. The van der Waals surface area contributed by atoms with Gasteiger partial charge in [-0.05, 0) is 55.2 Å². The molecule has 0 radical (unpaired) electrons. The van der Waals surface area contributed by atoms with Crippen LogP contribution in [0.15, 0.2) is 53.4 Å². The van der Waals surface area contributed by atoms with E-state index >= 15 is 0 Å². The Morgan fingerprint density at radius 2 is 1.82 bits per heavy atom. The highest BCUT2D eigenvalue weighted by molar-refractivity contribution is 7.92. The third-order valence-corrected chi connectivity index (χ3v) is 6.04. The maximum atomic E-state index is 12.8. The lowest BCUT2D eigenvalue weighted by molar-refractivity contribution is 0.592. The van der Waals surface area contributed by atoms with Gasteiger partial charge in [0, 0.05) is 18.3 Å². The first kappa shape index (κ1) is 13.6. The predicted molar refractivity (Wildman–Crippen MR) is 87.8 cm³/mol. The van der Waals surface area contributed by atoms with Crippen LogP contribution in [-0.4, -0.2) is 21.0 Å². The Morgan fingerprint density at radius 3 is 2.55 bits per heavy atom. The summed E-state index contributed by atoms with van der Waals surface area (Å²) in [7, 11) is -3.46. The molecular formula is C17H18N2O2S. The predicted octanol–water partition coefficient (Wildman–Crippen LogP) is 3.01. The summed E-state index contributed by atoms with van der Waals surface area (Å²) in [4.78, 5) is 0.350. The van der Waals surface area contributed by atoms with Crippen molar-refractivity contribution in [2.45, 2.75) is 30.2 Å². The maximum Gasteiger partial charge on any atom is 0.264 e. The second-order valence-electron chi connectivity index (χ2n) is 5.90. The molecule has 22 heavy (non-hydrogen) atoms. The van der Waals surface area contributed by atoms with E-state index in [0.717, 1.165) is 23.4 Å². The van der Waals surface area contributed by atoms with Gasteiger partial charge in [-0.15, -0.1) is 0 Å². The third kappa shape index (κ3) is 2.35. The Kier molecular flexibility index (Phi) is 3.11. The summed E-state index contributed by atoms with van der Waals surface area (Å²) in [5, 5.41) is 3.46. The van der Waals surface area contributed by atoms with Crippen molar-refractivity contribution >= 4 is 21.4 Å². The Labute approximate surface area is 130 Å². The van der Waals surface area contributed by atoms with E-state index < -0.39 is 10.0 Å². The van der Waals surface area contributed by atoms with Crippen LogP contribution in [0.5, 0.6) is 0 Å². The molecule has 1 fully saturated rings. The zero-order chi connectivity index (χ0) is 15.2. The lowest BCUT2D eigenvalue weighted by atomic mass is 10.1. The molecule has 4 rings (SSSR count). The third-order valence-electron chi connectivity index (χ3n) is 4.21. The number of nitrogens with zero attached hydrogens (tertiary/aromatic N) is 1. The summed E-state index contributed by atoms with van der Waals surface area (Å²) in [6, 6.07) is 15.2. The van der Waals surface area contributed by atoms with Crippen LogP contribution in [-0.2, 0) is 16.4 Å². The van der Waals surface area contributed by atoms with E-state index in [1.807, 2.05) is 18.2 Å². The molecule has 114 valence electrons. The van der Waals surface area contributed by atoms with Crippen molar-refractivity contribution < 1.29 is 8.42 Å². The molecule has 0 saturated heterocycles. The number of fused-ring (bicyclic) bond motifs is 1. The minimum atomic E-state index is -3.46. The molecule has 0 spiro atoms. The minimum absolute atomic E-state index is 0.350. The molecule has 1 N–H and O–H groups in total. The maximum absolute atomic E-state index is 12.8. The fourth-order valence-electron chi connectivity index (χ4n) is 2.89. The second kappa shape index (κ2) is 5.02. The first-order valence-electron chi connectivity index (χ1n) is 7.62. The number of rotatable bonds is 4. The molecule has 1 heterocycles. The second-order valence-corrected chi connectivity index (χ2v) is 7.76. The molecule has 5 heteroatoms. The Bertz CT molecular complexity index is 799. The molecule has 0 aromatic heterocycles. The summed E-state index contributed by atoms with van der Waals surface area (Å²) >= 11 is 0. The van der Waals surface area contributed by atoms with Gasteiger partial charge in [-0.3, -0.25) is 4.31 Å². The molecule has 1 saturated carbocycles. The van der Waals surface area contributed by atoms with Gasteiger partial charge in [-0.25, -0.2) is 8.42 Å². The monoisotopic (exact) mass is 314 g/mol. The van der Waals surface area contributed by atoms with Crippen molar-refractivity contribution in [2.24, 2.45) is 0 Å². The minimum Gasteiger partial charge on any atom is -0.382 e. The van der Waals surface area contributed by atoms with Crippen molar-refractivity contribution in [3.05, 3.63) is 54.1 Å². The largest absolute Gasteiger partial charge is 0.382 e. The lowest BCUT2D eigenvalue weighted by Crippen LogP contribution is -2.29. The first-order chi connectivity index (χ1) is 10.6. The van der Waals surface area contributed by atoms with E-state index in [9.17, 15) is 8.42 Å². The summed E-state index contributed by atoms with van der Waals surface area (Å²) in [6.45, 7) is 0.513. The molecule has 2 aliphatic rings. The first-order valence-corrected chi connectivity index (χ1v) is 9.06. The van der Waals surface area contributed by atoms with E-state index in [1.165, 1.54) is 17.1 Å². The number of nitrogens with one attached hydrogen (secondary N) is 1. The van der Waals surface area contributed by atoms with E-state index in [1.54, 1.807) is 24.3 Å². The lowest BCUT2D eigenvalue weighted by Gasteiger charge is -2.19. The van der Waals surface area contributed by atoms with Crippen LogP contribution in [0.25, 0.3) is 0 Å². The molecule has 2 aromatic carbocycles. The number of hydrogen-bond acceptors (Lipinski definition) is 3. The molecular weight excluding hydrogens is 296 g/mol. The van der Waals surface area contributed by atoms with Crippen molar-refractivity contribution in [1.82, 2.24) is 0 Å². The molecule has 0 bridgehead atoms. The van der Waals surface area contributed by atoms with Gasteiger partial charge in [0.15, 0.2) is 0 Å². The molecule has 1 aliphatic carbocycles. The average Bonchev–Trinajstić information content (AvgIpc) is 3.24. The van der Waals surface area contributed by atoms with E-state index in [0.29, 0.717) is 17.5 Å². The molecule has 2 aromatic rings. The van der Waals surface area contributed by atoms with E-state index in [2.05, 4.69) is 11.4 Å². The Balaban J connectivity index is 1.67. The number of benzene rings is 2. The standard InChI is InChI=1S/C17H18N2O2S/c20-22(21,16-4-2-1-3-5-16)19-11-10-13-12-15(8-9-17(13)19)18-14-6-7-14/h1-5,8-9,12,14,18H,6-7,10-11H2. The molecule has 4 nitrogen and oxygen atoms in total. The fraction of sp³-hybridized carbons (Fsp3) is 0.294. The highest BCUT2D eigenvalue weighted by atomic mass is 32.2. The van der Waals surface area contributed by atoms with Gasteiger partial charge in [-0.2, -0.15) is 0 Å². The van der Waals surface area contributed by atoms with Gasteiger partial charge < -0.3 is 5.32 Å². The highest BCUT2D eigenvalue weighted by Crippen LogP contribution is 2.35. The molecule has 1 aliphatic heterocycles. The topological polar surface area (TPSA) is 49.4 Å². The van der Waals surface area contributed by atoms with Gasteiger partial charge >= 0.3 is 0 Å². The zero-order valence-corrected chi connectivity index (χ0v) is 13.0. The summed E-state index contributed by atoms with van der Waals surface area (Å²) in [6.07, 6.45) is 3.22. The van der Waals surface area contributed by atoms with Crippen molar-refractivity contribution in [2.75, 3.05) is 16.2 Å². The van der Waals surface area contributed by atoms with Crippen LogP contribution in [0.1, 0.15) is 18.4 Å². The summed E-state index contributed by atoms with van der Waals surface area (Å²) < 4.78 is 27.1. The van der Waals surface area contributed by atoms with Gasteiger partial charge in [0.1, 0.15) is 0 Å². The smallest absolute Gasteiger partial charge is 0.264 e. The van der Waals surface area contributed by atoms with Crippen LogP contribution in [0.4, 0.5) is 11.4 Å². The van der Waals surface area contributed by atoms with Crippen molar-refractivity contribution in [3.63, 3.8) is 0 Å². The van der Waals surface area contributed by atoms with Gasteiger partial charge in [0.2, 0.25) is 0 Å². The molecule has 0 atom stereocenters. The van der Waals surface area contributed by atoms with Gasteiger partial charge in [0.05, 0.1) is 10.6 Å². The van der Waals surface area contributed by atoms with Crippen molar-refractivity contribution in [3.8, 4) is 0 Å². The van der Waals surface area contributed by atoms with Crippen LogP contribution in [0, 0.1) is 0 Å². The average molecular weight is 314 g/mol. The van der Waals surface area contributed by atoms with Crippen molar-refractivity contribution in [1.29, 1.82) is 0 Å². The SMILES string of the molecule is O=S(=O)(c1ccccc1)N1CCc2cc(NC3CC3)ccc21.